The van der Waals surface area contributed by atoms with E-state index >= 15 is 0 Å². The van der Waals surface area contributed by atoms with Crippen LogP contribution in [0.1, 0.15) is 32.1 Å². The van der Waals surface area contributed by atoms with E-state index in [1.54, 1.807) is 0 Å². The summed E-state index contributed by atoms with van der Waals surface area (Å²) in [5.41, 5.74) is 6.06. The van der Waals surface area contributed by atoms with E-state index in [9.17, 15) is 0 Å². The van der Waals surface area contributed by atoms with Gasteiger partial charge in [-0.05, 0) is 19.9 Å². The van der Waals surface area contributed by atoms with E-state index in [0.29, 0.717) is 0 Å². The SMILES string of the molecule is CN(CCN=C(N)N1CCSCC1)C1CCCCC1. The molecule has 2 fully saturated rings. The lowest BCUT2D eigenvalue weighted by atomic mass is 9.94. The Hall–Kier alpha value is -0.420. The van der Waals surface area contributed by atoms with Gasteiger partial charge in [-0.25, -0.2) is 0 Å². The third-order valence-corrected chi connectivity index (χ3v) is 5.20. The molecule has 0 unspecified atom stereocenters. The van der Waals surface area contributed by atoms with Gasteiger partial charge in [0, 0.05) is 37.2 Å². The lowest BCUT2D eigenvalue weighted by Crippen LogP contribution is -2.43. The smallest absolute Gasteiger partial charge is 0.191 e. The molecule has 2 aliphatic rings. The second kappa shape index (κ2) is 8.00. The zero-order valence-corrected chi connectivity index (χ0v) is 13.0. The Morgan fingerprint density at radius 2 is 1.95 bits per heavy atom. The molecule has 1 saturated heterocycles. The number of rotatable bonds is 4. The number of aliphatic imine (C=N–C) groups is 1. The second-order valence-corrected chi connectivity index (χ2v) is 6.84. The van der Waals surface area contributed by atoms with Gasteiger partial charge in [-0.1, -0.05) is 19.3 Å². The molecule has 0 radical (unpaired) electrons. The van der Waals surface area contributed by atoms with Crippen LogP contribution in [0, 0.1) is 0 Å². The van der Waals surface area contributed by atoms with Gasteiger partial charge in [0.2, 0.25) is 0 Å². The second-order valence-electron chi connectivity index (χ2n) is 5.61. The minimum absolute atomic E-state index is 0.748. The molecule has 0 aromatic heterocycles. The van der Waals surface area contributed by atoms with Gasteiger partial charge in [-0.2, -0.15) is 11.8 Å². The van der Waals surface area contributed by atoms with Crippen molar-refractivity contribution in [3.05, 3.63) is 0 Å². The third-order valence-electron chi connectivity index (χ3n) is 4.26. The number of hydrogen-bond donors (Lipinski definition) is 1. The summed E-state index contributed by atoms with van der Waals surface area (Å²) >= 11 is 2.00. The molecule has 110 valence electrons. The molecule has 2 rings (SSSR count). The first-order chi connectivity index (χ1) is 9.27. The van der Waals surface area contributed by atoms with E-state index < -0.39 is 0 Å². The van der Waals surface area contributed by atoms with Gasteiger partial charge in [0.1, 0.15) is 0 Å². The highest BCUT2D eigenvalue weighted by Crippen LogP contribution is 2.21. The average Bonchev–Trinajstić information content (AvgIpc) is 2.49. The fourth-order valence-electron chi connectivity index (χ4n) is 2.92. The van der Waals surface area contributed by atoms with Crippen molar-refractivity contribution < 1.29 is 0 Å². The van der Waals surface area contributed by atoms with E-state index in [0.717, 1.165) is 38.2 Å². The van der Waals surface area contributed by atoms with Crippen molar-refractivity contribution in [3.63, 3.8) is 0 Å². The normalized spacial score (nSPS) is 23.1. The summed E-state index contributed by atoms with van der Waals surface area (Å²) in [6.45, 7) is 3.98. The van der Waals surface area contributed by atoms with Gasteiger partial charge in [-0.15, -0.1) is 0 Å². The highest BCUT2D eigenvalue weighted by atomic mass is 32.2. The molecule has 4 nitrogen and oxygen atoms in total. The average molecular weight is 284 g/mol. The maximum Gasteiger partial charge on any atom is 0.191 e. The first-order valence-electron chi connectivity index (χ1n) is 7.60. The van der Waals surface area contributed by atoms with Gasteiger partial charge in [-0.3, -0.25) is 4.99 Å². The van der Waals surface area contributed by atoms with Gasteiger partial charge in [0.25, 0.3) is 0 Å². The molecule has 0 aromatic carbocycles. The largest absolute Gasteiger partial charge is 0.370 e. The number of likely N-dealkylation sites (N-methyl/N-ethyl adjacent to an activating group) is 1. The van der Waals surface area contributed by atoms with Crippen LogP contribution in [0.3, 0.4) is 0 Å². The van der Waals surface area contributed by atoms with Crippen molar-refractivity contribution in [2.45, 2.75) is 38.1 Å². The van der Waals surface area contributed by atoms with Crippen LogP contribution in [0.5, 0.6) is 0 Å². The Bertz CT molecular complexity index is 283. The van der Waals surface area contributed by atoms with E-state index in [4.69, 9.17) is 5.73 Å². The first-order valence-corrected chi connectivity index (χ1v) is 8.75. The molecule has 1 saturated carbocycles. The maximum absolute atomic E-state index is 6.06. The van der Waals surface area contributed by atoms with Crippen LogP contribution < -0.4 is 5.73 Å². The molecule has 0 amide bonds. The van der Waals surface area contributed by atoms with Crippen LogP contribution >= 0.6 is 11.8 Å². The summed E-state index contributed by atoms with van der Waals surface area (Å²) in [6, 6.07) is 0.775. The van der Waals surface area contributed by atoms with E-state index in [-0.39, 0.29) is 0 Å². The number of guanidine groups is 1. The van der Waals surface area contributed by atoms with Crippen molar-refractivity contribution in [2.24, 2.45) is 10.7 Å². The highest BCUT2D eigenvalue weighted by Gasteiger charge is 2.17. The van der Waals surface area contributed by atoms with Crippen LogP contribution in [0.15, 0.2) is 4.99 Å². The van der Waals surface area contributed by atoms with Crippen LogP contribution in [0.2, 0.25) is 0 Å². The summed E-state index contributed by atoms with van der Waals surface area (Å²) < 4.78 is 0. The Morgan fingerprint density at radius 3 is 2.63 bits per heavy atom. The monoisotopic (exact) mass is 284 g/mol. The molecule has 1 aliphatic carbocycles. The first kappa shape index (κ1) is 15.0. The van der Waals surface area contributed by atoms with Gasteiger partial charge >= 0.3 is 0 Å². The molecule has 5 heteroatoms. The number of nitrogens with zero attached hydrogens (tertiary/aromatic N) is 3. The summed E-state index contributed by atoms with van der Waals surface area (Å²) in [6.07, 6.45) is 6.93. The highest BCUT2D eigenvalue weighted by molar-refractivity contribution is 7.99. The minimum Gasteiger partial charge on any atom is -0.370 e. The molecule has 2 N–H and O–H groups in total. The summed E-state index contributed by atoms with van der Waals surface area (Å²) in [7, 11) is 2.24. The molecular formula is C14H28N4S. The molecule has 0 aromatic rings. The third kappa shape index (κ3) is 4.88. The molecule has 0 atom stereocenters. The fourth-order valence-corrected chi connectivity index (χ4v) is 3.82. The van der Waals surface area contributed by atoms with Crippen molar-refractivity contribution in [3.8, 4) is 0 Å². The predicted octanol–water partition coefficient (Wildman–Crippen LogP) is 1.61. The molecule has 1 aliphatic heterocycles. The standard InChI is InChI=1S/C14H28N4S/c1-17(13-5-3-2-4-6-13)8-7-16-14(15)18-9-11-19-12-10-18/h13H,2-12H2,1H3,(H2,15,16). The minimum atomic E-state index is 0.748. The van der Waals surface area contributed by atoms with E-state index in [2.05, 4.69) is 21.8 Å². The van der Waals surface area contributed by atoms with Crippen molar-refractivity contribution in [1.29, 1.82) is 0 Å². The van der Waals surface area contributed by atoms with Gasteiger partial charge < -0.3 is 15.5 Å². The molecule has 19 heavy (non-hydrogen) atoms. The maximum atomic E-state index is 6.06. The zero-order chi connectivity index (χ0) is 13.5. The summed E-state index contributed by atoms with van der Waals surface area (Å²) in [5, 5.41) is 0. The van der Waals surface area contributed by atoms with Gasteiger partial charge in [0.05, 0.1) is 6.54 Å². The van der Waals surface area contributed by atoms with Crippen molar-refractivity contribution >= 4 is 17.7 Å². The Balaban J connectivity index is 1.68. The Kier molecular flexibility index (Phi) is 6.31. The molecule has 0 bridgehead atoms. The van der Waals surface area contributed by atoms with Gasteiger partial charge in [0.15, 0.2) is 5.96 Å². The number of thioether (sulfide) groups is 1. The summed E-state index contributed by atoms with van der Waals surface area (Å²) in [5.74, 6) is 3.11. The predicted molar refractivity (Wildman–Crippen MR) is 84.9 cm³/mol. The molecular weight excluding hydrogens is 256 g/mol. The van der Waals surface area contributed by atoms with Crippen LogP contribution in [-0.2, 0) is 0 Å². The molecule has 1 heterocycles. The molecule has 0 spiro atoms. The summed E-state index contributed by atoms with van der Waals surface area (Å²) in [4.78, 5) is 9.25. The zero-order valence-electron chi connectivity index (χ0n) is 12.2. The van der Waals surface area contributed by atoms with E-state index in [1.807, 2.05) is 11.8 Å². The van der Waals surface area contributed by atoms with Crippen LogP contribution in [0.4, 0.5) is 0 Å². The number of hydrogen-bond acceptors (Lipinski definition) is 3. The van der Waals surface area contributed by atoms with Crippen LogP contribution in [-0.4, -0.2) is 66.5 Å². The van der Waals surface area contributed by atoms with Crippen molar-refractivity contribution in [1.82, 2.24) is 9.80 Å². The van der Waals surface area contributed by atoms with Crippen molar-refractivity contribution in [2.75, 3.05) is 44.7 Å². The Labute approximate surface area is 121 Å². The topological polar surface area (TPSA) is 44.9 Å². The fraction of sp³-hybridized carbons (Fsp3) is 0.929. The quantitative estimate of drug-likeness (QED) is 0.629. The van der Waals surface area contributed by atoms with E-state index in [1.165, 1.54) is 43.6 Å². The number of nitrogens with two attached hydrogens (primary N) is 1. The lowest BCUT2D eigenvalue weighted by molar-refractivity contribution is 0.196. The Morgan fingerprint density at radius 1 is 1.26 bits per heavy atom. The van der Waals surface area contributed by atoms with Crippen LogP contribution in [0.25, 0.3) is 0 Å². The lowest BCUT2D eigenvalue weighted by Gasteiger charge is -2.31.